The predicted molar refractivity (Wildman–Crippen MR) is 139 cm³/mol. The van der Waals surface area contributed by atoms with Crippen molar-refractivity contribution in [1.29, 1.82) is 0 Å². The van der Waals surface area contributed by atoms with Crippen LogP contribution >= 0.6 is 14.7 Å². The Balaban J connectivity index is 1.77. The minimum Gasteiger partial charge on any atom is -0.413 e. The van der Waals surface area contributed by atoms with Crippen LogP contribution in [0.3, 0.4) is 0 Å². The maximum absolute atomic E-state index is 14.5. The third-order valence-corrected chi connectivity index (χ3v) is 12.9. The second-order valence-electron chi connectivity index (χ2n) is 8.77. The van der Waals surface area contributed by atoms with Crippen molar-refractivity contribution in [3.63, 3.8) is 0 Å². The van der Waals surface area contributed by atoms with Crippen LogP contribution in [-0.2, 0) is 4.57 Å². The Hall–Kier alpha value is -2.54. The fraction of sp³-hybridized carbons (Fsp3) is 0.259. The van der Waals surface area contributed by atoms with Crippen LogP contribution in [0.25, 0.3) is 0 Å². The molecule has 3 aromatic carbocycles. The molecule has 170 valence electrons. The number of hydrogen-bond donors (Lipinski definition) is 1. The Morgan fingerprint density at radius 2 is 1.30 bits per heavy atom. The van der Waals surface area contributed by atoms with Crippen molar-refractivity contribution in [3.05, 3.63) is 102 Å². The minimum atomic E-state index is -3.58. The molecule has 4 nitrogen and oxygen atoms in total. The molecule has 1 heterocycles. The zero-order valence-electron chi connectivity index (χ0n) is 18.9. The Labute approximate surface area is 196 Å². The molecule has 0 saturated heterocycles. The number of allylic oxidation sites excluding steroid dienone is 2. The number of benzene rings is 3. The van der Waals surface area contributed by atoms with Crippen LogP contribution in [0.1, 0.15) is 39.0 Å². The summed E-state index contributed by atoms with van der Waals surface area (Å²) in [6.45, 7) is 2.19. The molecule has 1 aliphatic heterocycles. The molecular weight excluding hydrogens is 446 g/mol. The Bertz CT molecular complexity index is 1190. The summed E-state index contributed by atoms with van der Waals surface area (Å²) in [6.07, 6.45) is 5.88. The second kappa shape index (κ2) is 9.37. The topological polar surface area (TPSA) is 50.7 Å². The van der Waals surface area contributed by atoms with E-state index < -0.39 is 14.7 Å². The van der Waals surface area contributed by atoms with Gasteiger partial charge in [-0.25, -0.2) is 4.57 Å². The van der Waals surface area contributed by atoms with Gasteiger partial charge in [-0.3, -0.25) is 5.09 Å². The number of para-hydroxylation sites is 1. The number of nitrogens with one attached hydrogen (secondary N) is 1. The van der Waals surface area contributed by atoms with Gasteiger partial charge in [0.05, 0.1) is 7.05 Å². The van der Waals surface area contributed by atoms with Gasteiger partial charge in [-0.15, -0.1) is 0 Å². The van der Waals surface area contributed by atoms with E-state index in [0.29, 0.717) is 11.7 Å². The van der Waals surface area contributed by atoms with Crippen LogP contribution in [0.15, 0.2) is 107 Å². The minimum absolute atomic E-state index is 0.355. The van der Waals surface area contributed by atoms with Gasteiger partial charge in [0.25, 0.3) is 0 Å². The summed E-state index contributed by atoms with van der Waals surface area (Å²) in [5, 5.41) is 6.81. The largest absolute Gasteiger partial charge is 0.464 e. The third kappa shape index (κ3) is 4.35. The van der Waals surface area contributed by atoms with Crippen molar-refractivity contribution in [2.75, 3.05) is 0 Å². The van der Waals surface area contributed by atoms with E-state index in [9.17, 15) is 4.57 Å². The first-order valence-corrected chi connectivity index (χ1v) is 15.0. The quantitative estimate of drug-likeness (QED) is 0.389. The molecule has 33 heavy (non-hydrogen) atoms. The monoisotopic (exact) mass is 476 g/mol. The smallest absolute Gasteiger partial charge is 0.413 e. The van der Waals surface area contributed by atoms with E-state index in [2.05, 4.69) is 36.3 Å². The first kappa shape index (κ1) is 22.3. The van der Waals surface area contributed by atoms with Crippen LogP contribution < -0.4 is 20.2 Å². The van der Waals surface area contributed by atoms with Gasteiger partial charge >= 0.3 is 7.67 Å². The van der Waals surface area contributed by atoms with E-state index in [0.717, 1.165) is 29.1 Å². The zero-order valence-corrected chi connectivity index (χ0v) is 20.7. The van der Waals surface area contributed by atoms with Gasteiger partial charge in [0, 0.05) is 16.3 Å². The SMILES string of the molecule is CC1=C(C2CCCCC2)NP(=O)(Oc2ccccc2)N=P1(c1ccccc1)c1ccccc1. The Morgan fingerprint density at radius 3 is 1.85 bits per heavy atom. The molecule has 3 aromatic rings. The summed E-state index contributed by atoms with van der Waals surface area (Å²) in [7, 11) is -6.09. The van der Waals surface area contributed by atoms with Gasteiger partial charge < -0.3 is 4.52 Å². The van der Waals surface area contributed by atoms with Gasteiger partial charge in [0.15, 0.2) is 0 Å². The molecule has 1 aliphatic carbocycles. The maximum Gasteiger partial charge on any atom is 0.464 e. The predicted octanol–water partition coefficient (Wildman–Crippen LogP) is 7.44. The van der Waals surface area contributed by atoms with Crippen molar-refractivity contribution < 1.29 is 9.09 Å². The summed E-state index contributed by atoms with van der Waals surface area (Å²) < 4.78 is 25.8. The third-order valence-electron chi connectivity index (χ3n) is 6.63. The molecule has 0 spiro atoms. The highest BCUT2D eigenvalue weighted by Crippen LogP contribution is 2.68. The summed E-state index contributed by atoms with van der Waals surface area (Å²) in [5.41, 5.74) is 1.09. The molecule has 1 atom stereocenters. The van der Waals surface area contributed by atoms with Crippen molar-refractivity contribution in [2.24, 2.45) is 10.4 Å². The van der Waals surface area contributed by atoms with Gasteiger partial charge in [-0.2, -0.15) is 4.52 Å². The van der Waals surface area contributed by atoms with E-state index in [1.54, 1.807) is 0 Å². The lowest BCUT2D eigenvalue weighted by Crippen LogP contribution is -2.29. The Morgan fingerprint density at radius 1 is 0.788 bits per heavy atom. The number of hydrogen-bond acceptors (Lipinski definition) is 2. The lowest BCUT2D eigenvalue weighted by Gasteiger charge is -2.38. The van der Waals surface area contributed by atoms with E-state index in [4.69, 9.17) is 9.04 Å². The molecule has 1 fully saturated rings. The van der Waals surface area contributed by atoms with E-state index >= 15 is 0 Å². The van der Waals surface area contributed by atoms with E-state index in [1.807, 2.05) is 66.7 Å². The van der Waals surface area contributed by atoms with Crippen LogP contribution in [0.5, 0.6) is 5.75 Å². The molecular formula is C27H30N2O2P2. The van der Waals surface area contributed by atoms with Gasteiger partial charge in [0.1, 0.15) is 5.75 Å². The van der Waals surface area contributed by atoms with Gasteiger partial charge in [0.2, 0.25) is 0 Å². The normalized spacial score (nSPS) is 22.8. The van der Waals surface area contributed by atoms with Crippen molar-refractivity contribution in [1.82, 2.24) is 5.09 Å². The number of nitrogens with zero attached hydrogens (tertiary/aromatic N) is 1. The van der Waals surface area contributed by atoms with Crippen molar-refractivity contribution >= 4 is 25.3 Å². The summed E-state index contributed by atoms with van der Waals surface area (Å²) in [6, 6.07) is 30.2. The molecule has 2 aliphatic rings. The summed E-state index contributed by atoms with van der Waals surface area (Å²) in [4.78, 5) is 0. The number of rotatable bonds is 5. The van der Waals surface area contributed by atoms with Gasteiger partial charge in [-0.05, 0) is 43.1 Å². The van der Waals surface area contributed by atoms with E-state index in [1.165, 1.54) is 24.6 Å². The fourth-order valence-electron chi connectivity index (χ4n) is 5.04. The molecule has 6 heteroatoms. The standard InChI is InChI=1S/C27H30N2O2P2/c1-22-27(23-14-6-2-7-15-23)28-33(30,31-24-16-8-3-9-17-24)29-32(22,25-18-10-4-11-19-25)26-20-12-5-13-21-26/h3-5,8-13,16-21,23H,2,6-7,14-15H2,1H3,(H,28,30). The zero-order chi connectivity index (χ0) is 22.7. The molecule has 1 N–H and O–H groups in total. The molecule has 0 radical (unpaired) electrons. The first-order valence-electron chi connectivity index (χ1n) is 11.7. The van der Waals surface area contributed by atoms with Crippen LogP contribution in [0.4, 0.5) is 0 Å². The molecule has 0 bridgehead atoms. The van der Waals surface area contributed by atoms with Gasteiger partial charge in [-0.1, -0.05) is 98.1 Å². The summed E-state index contributed by atoms with van der Waals surface area (Å²) in [5.74, 6) is 0.924. The van der Waals surface area contributed by atoms with Crippen molar-refractivity contribution in [2.45, 2.75) is 39.0 Å². The highest BCUT2D eigenvalue weighted by atomic mass is 31.2. The fourth-order valence-corrected chi connectivity index (χ4v) is 12.2. The average molecular weight is 476 g/mol. The Kier molecular flexibility index (Phi) is 6.32. The molecule has 1 unspecified atom stereocenters. The lowest BCUT2D eigenvalue weighted by atomic mass is 9.87. The molecule has 5 rings (SSSR count). The second-order valence-corrected chi connectivity index (χ2v) is 13.9. The molecule has 0 aromatic heterocycles. The highest BCUT2D eigenvalue weighted by Gasteiger charge is 2.42. The molecule has 0 amide bonds. The maximum atomic E-state index is 14.5. The first-order chi connectivity index (χ1) is 16.1. The highest BCUT2D eigenvalue weighted by molar-refractivity contribution is 7.88. The average Bonchev–Trinajstić information content (AvgIpc) is 2.87. The van der Waals surface area contributed by atoms with Crippen molar-refractivity contribution in [3.8, 4) is 5.75 Å². The van der Waals surface area contributed by atoms with Crippen LogP contribution in [-0.4, -0.2) is 0 Å². The summed E-state index contributed by atoms with van der Waals surface area (Å²) >= 11 is 0. The van der Waals surface area contributed by atoms with Crippen LogP contribution in [0.2, 0.25) is 0 Å². The molecule has 1 saturated carbocycles. The van der Waals surface area contributed by atoms with E-state index in [-0.39, 0.29) is 0 Å². The lowest BCUT2D eigenvalue weighted by molar-refractivity contribution is 0.388. The van der Waals surface area contributed by atoms with Crippen LogP contribution in [0, 0.1) is 5.92 Å².